The molecule has 3 aliphatic rings. The van der Waals surface area contributed by atoms with Crippen LogP contribution in [-0.4, -0.2) is 73.2 Å². The Hall–Kier alpha value is -0.740. The van der Waals surface area contributed by atoms with Gasteiger partial charge in [0.2, 0.25) is 0 Å². The first-order valence-corrected chi connectivity index (χ1v) is 13.8. The third-order valence-electron chi connectivity index (χ3n) is 7.47. The molecule has 0 radical (unpaired) electrons. The van der Waals surface area contributed by atoms with Gasteiger partial charge in [-0.2, -0.15) is 5.10 Å². The number of ether oxygens (including phenoxy) is 2. The topological polar surface area (TPSA) is 69.4 Å². The van der Waals surface area contributed by atoms with Gasteiger partial charge in [0.05, 0.1) is 25.0 Å². The van der Waals surface area contributed by atoms with E-state index in [1.54, 1.807) is 0 Å². The number of rotatable bonds is 8. The predicted molar refractivity (Wildman–Crippen MR) is 129 cm³/mol. The maximum atomic E-state index is 15.0. The Kier molecular flexibility index (Phi) is 9.29. The number of aliphatic hydroxyl groups is 1. The van der Waals surface area contributed by atoms with Gasteiger partial charge >= 0.3 is 0 Å². The van der Waals surface area contributed by atoms with Crippen LogP contribution in [0.15, 0.2) is 24.8 Å². The van der Waals surface area contributed by atoms with Crippen LogP contribution >= 0.6 is 23.4 Å². The molecule has 5 atom stereocenters. The largest absolute Gasteiger partial charge is 0.386 e. The van der Waals surface area contributed by atoms with Crippen molar-refractivity contribution in [2.75, 3.05) is 13.2 Å². The van der Waals surface area contributed by atoms with E-state index in [-0.39, 0.29) is 36.2 Å². The molecule has 192 valence electrons. The highest BCUT2D eigenvalue weighted by atomic mass is 35.5. The van der Waals surface area contributed by atoms with Crippen LogP contribution < -0.4 is 0 Å². The van der Waals surface area contributed by atoms with Crippen LogP contribution in [0.25, 0.3) is 0 Å². The van der Waals surface area contributed by atoms with Crippen molar-refractivity contribution in [3.63, 3.8) is 0 Å². The second-order valence-corrected chi connectivity index (χ2v) is 12.2. The van der Waals surface area contributed by atoms with Gasteiger partial charge < -0.3 is 14.6 Å². The minimum Gasteiger partial charge on any atom is -0.386 e. The first-order chi connectivity index (χ1) is 16.3. The van der Waals surface area contributed by atoms with Gasteiger partial charge in [-0.15, -0.1) is 23.4 Å². The molecule has 4 unspecified atom stereocenters. The zero-order valence-electron chi connectivity index (χ0n) is 19.6. The van der Waals surface area contributed by atoms with Crippen LogP contribution in [0.5, 0.6) is 0 Å². The van der Waals surface area contributed by atoms with Crippen LogP contribution in [0.1, 0.15) is 51.9 Å². The first kappa shape index (κ1) is 26.3. The quantitative estimate of drug-likeness (QED) is 0.396. The third-order valence-corrected chi connectivity index (χ3v) is 9.38. The highest BCUT2D eigenvalue weighted by Crippen LogP contribution is 2.43. The number of hydrogen-bond donors (Lipinski definition) is 1. The van der Waals surface area contributed by atoms with E-state index >= 15 is 0 Å². The molecule has 1 saturated heterocycles. The highest BCUT2D eigenvalue weighted by molar-refractivity contribution is 8.00. The van der Waals surface area contributed by atoms with Crippen molar-refractivity contribution in [1.29, 1.82) is 0 Å². The van der Waals surface area contributed by atoms with E-state index < -0.39 is 23.9 Å². The zero-order chi connectivity index (χ0) is 24.1. The number of hydrogen-bond acceptors (Lipinski definition) is 6. The van der Waals surface area contributed by atoms with Crippen molar-refractivity contribution in [2.45, 2.75) is 98.5 Å². The van der Waals surface area contributed by atoms with E-state index in [2.05, 4.69) is 16.2 Å². The minimum absolute atomic E-state index is 0.00387. The molecule has 0 aromatic carbocycles. The van der Waals surface area contributed by atoms with Crippen molar-refractivity contribution in [3.05, 3.63) is 24.8 Å². The summed E-state index contributed by atoms with van der Waals surface area (Å²) in [6.45, 7) is 2.96. The summed E-state index contributed by atoms with van der Waals surface area (Å²) in [4.78, 5) is 3.95. The molecule has 1 aromatic rings. The van der Waals surface area contributed by atoms with Gasteiger partial charge in [-0.1, -0.05) is 13.0 Å². The fourth-order valence-corrected chi connectivity index (χ4v) is 7.00. The SMILES string of the molecule is CC(SC1COC(/C=C/C2CCC(Cl)CC2)OC1)[C@](O)(Cn1cncn1)C1CCC(F)CC1F. The Labute approximate surface area is 209 Å². The Morgan fingerprint density at radius 3 is 2.56 bits per heavy atom. The molecule has 3 fully saturated rings. The smallest absolute Gasteiger partial charge is 0.176 e. The summed E-state index contributed by atoms with van der Waals surface area (Å²) in [5.41, 5.74) is -1.41. The normalized spacial score (nSPS) is 38.0. The molecule has 1 aliphatic heterocycles. The summed E-state index contributed by atoms with van der Waals surface area (Å²) in [5.74, 6) is -0.149. The fraction of sp³-hybridized carbons (Fsp3) is 0.833. The van der Waals surface area contributed by atoms with Crippen LogP contribution in [0.4, 0.5) is 8.78 Å². The molecule has 0 spiro atoms. The summed E-state index contributed by atoms with van der Waals surface area (Å²) in [6.07, 6.45) is 8.83. The van der Waals surface area contributed by atoms with E-state index in [0.29, 0.717) is 30.9 Å². The lowest BCUT2D eigenvalue weighted by atomic mass is 9.73. The monoisotopic (exact) mass is 519 g/mol. The van der Waals surface area contributed by atoms with Gasteiger partial charge in [-0.3, -0.25) is 4.68 Å². The van der Waals surface area contributed by atoms with Crippen LogP contribution in [-0.2, 0) is 16.0 Å². The van der Waals surface area contributed by atoms with E-state index in [1.807, 2.05) is 13.0 Å². The lowest BCUT2D eigenvalue weighted by Gasteiger charge is -2.45. The van der Waals surface area contributed by atoms with Gasteiger partial charge in [0.25, 0.3) is 0 Å². The summed E-state index contributed by atoms with van der Waals surface area (Å²) >= 11 is 7.72. The minimum atomic E-state index is -1.41. The maximum absolute atomic E-state index is 15.0. The van der Waals surface area contributed by atoms with Crippen molar-refractivity contribution < 1.29 is 23.4 Å². The average molecular weight is 520 g/mol. The van der Waals surface area contributed by atoms with Gasteiger partial charge in [0.15, 0.2) is 6.29 Å². The molecule has 2 aliphatic carbocycles. The lowest BCUT2D eigenvalue weighted by molar-refractivity contribution is -0.147. The molecule has 1 aromatic heterocycles. The third kappa shape index (κ3) is 6.72. The second-order valence-electron chi connectivity index (χ2n) is 9.95. The van der Waals surface area contributed by atoms with E-state index in [1.165, 1.54) is 29.1 Å². The predicted octanol–water partition coefficient (Wildman–Crippen LogP) is 4.70. The highest BCUT2D eigenvalue weighted by Gasteiger charge is 2.49. The Bertz CT molecular complexity index is 776. The number of aromatic nitrogens is 3. The van der Waals surface area contributed by atoms with Gasteiger partial charge in [0, 0.05) is 23.0 Å². The van der Waals surface area contributed by atoms with Crippen molar-refractivity contribution in [3.8, 4) is 0 Å². The van der Waals surface area contributed by atoms with Gasteiger partial charge in [-0.05, 0) is 50.5 Å². The molecule has 1 N–H and O–H groups in total. The van der Waals surface area contributed by atoms with Gasteiger partial charge in [-0.25, -0.2) is 13.8 Å². The van der Waals surface area contributed by atoms with Crippen LogP contribution in [0.3, 0.4) is 0 Å². The van der Waals surface area contributed by atoms with E-state index in [4.69, 9.17) is 21.1 Å². The number of halogens is 3. The molecular weight excluding hydrogens is 484 g/mol. The molecule has 4 rings (SSSR count). The summed E-state index contributed by atoms with van der Waals surface area (Å²) < 4.78 is 42.1. The second kappa shape index (κ2) is 12.0. The first-order valence-electron chi connectivity index (χ1n) is 12.4. The van der Waals surface area contributed by atoms with E-state index in [0.717, 1.165) is 25.7 Å². The van der Waals surface area contributed by atoms with Gasteiger partial charge in [0.1, 0.15) is 30.6 Å². The molecular formula is C24H36ClF2N3O3S. The van der Waals surface area contributed by atoms with Crippen molar-refractivity contribution >= 4 is 23.4 Å². The molecule has 2 heterocycles. The maximum Gasteiger partial charge on any atom is 0.176 e. The summed E-state index contributed by atoms with van der Waals surface area (Å²) in [5, 5.41) is 15.9. The molecule has 0 amide bonds. The molecule has 10 heteroatoms. The summed E-state index contributed by atoms with van der Waals surface area (Å²) in [7, 11) is 0. The number of alkyl halides is 3. The fourth-order valence-electron chi connectivity index (χ4n) is 5.37. The van der Waals surface area contributed by atoms with E-state index in [9.17, 15) is 13.9 Å². The molecule has 0 bridgehead atoms. The molecule has 34 heavy (non-hydrogen) atoms. The number of nitrogens with zero attached hydrogens (tertiary/aromatic N) is 3. The Morgan fingerprint density at radius 1 is 1.18 bits per heavy atom. The Balaban J connectivity index is 1.33. The Morgan fingerprint density at radius 2 is 1.91 bits per heavy atom. The van der Waals surface area contributed by atoms with Crippen molar-refractivity contribution in [1.82, 2.24) is 14.8 Å². The molecule has 2 saturated carbocycles. The number of thioether (sulfide) groups is 1. The lowest BCUT2D eigenvalue weighted by Crippen LogP contribution is -2.55. The van der Waals surface area contributed by atoms with Crippen molar-refractivity contribution in [2.24, 2.45) is 11.8 Å². The zero-order valence-corrected chi connectivity index (χ0v) is 21.2. The molecule has 6 nitrogen and oxygen atoms in total. The average Bonchev–Trinajstić information content (AvgIpc) is 3.32. The standard InChI is InChI=1S/C24H36ClF2N3O3S/c1-16(24(31,13-30-15-28-14-29-30)21-8-7-19(26)10-22(21)27)34-20-11-32-23(33-12-20)9-4-17-2-5-18(25)6-3-17/h4,9,14-23,31H,2-3,5-8,10-13H2,1H3/b9-4+/t16?,17?,18?,19?,20?,21?,22?,23?,24-/m1/s1. The van der Waals surface area contributed by atoms with Crippen LogP contribution in [0.2, 0.25) is 0 Å². The van der Waals surface area contributed by atoms with Crippen LogP contribution in [0, 0.1) is 11.8 Å². The number of allylic oxidation sites excluding steroid dienone is 1. The summed E-state index contributed by atoms with van der Waals surface area (Å²) in [6, 6.07) is 0.